The Hall–Kier alpha value is -0.940. The first kappa shape index (κ1) is 13.5. The second-order valence-corrected chi connectivity index (χ2v) is 5.55. The number of hydrogen-bond donors (Lipinski definition) is 1. The van der Waals surface area contributed by atoms with Crippen LogP contribution in [0.25, 0.3) is 0 Å². The van der Waals surface area contributed by atoms with Gasteiger partial charge in [-0.1, -0.05) is 15.9 Å². The van der Waals surface area contributed by atoms with Crippen LogP contribution in [-0.4, -0.2) is 37.0 Å². The second kappa shape index (κ2) is 5.80. The Morgan fingerprint density at radius 2 is 2.33 bits per heavy atom. The number of likely N-dealkylation sites (N-methyl/N-ethyl adjacent to an activating group) is 1. The Morgan fingerprint density at radius 1 is 1.56 bits per heavy atom. The van der Waals surface area contributed by atoms with E-state index in [0.29, 0.717) is 22.6 Å². The molecule has 1 aliphatic heterocycles. The number of carbonyl (C=O) groups excluding carboxylic acids is 1. The molecular formula is C13H16BrFN2O. The van der Waals surface area contributed by atoms with Crippen LogP contribution < -0.4 is 5.32 Å². The third-order valence-electron chi connectivity index (χ3n) is 3.11. The zero-order valence-electron chi connectivity index (χ0n) is 10.2. The van der Waals surface area contributed by atoms with Crippen molar-refractivity contribution in [3.05, 3.63) is 34.1 Å². The summed E-state index contributed by atoms with van der Waals surface area (Å²) in [4.78, 5) is 13.8. The minimum atomic E-state index is -0.403. The van der Waals surface area contributed by atoms with Gasteiger partial charge in [0.1, 0.15) is 5.82 Å². The predicted octanol–water partition coefficient (Wildman–Crippen LogP) is 2.41. The molecule has 1 aromatic carbocycles. The number of halogens is 2. The Labute approximate surface area is 114 Å². The van der Waals surface area contributed by atoms with E-state index in [2.05, 4.69) is 21.2 Å². The van der Waals surface area contributed by atoms with Gasteiger partial charge in [-0.15, -0.1) is 0 Å². The van der Waals surface area contributed by atoms with E-state index in [1.165, 1.54) is 12.1 Å². The van der Waals surface area contributed by atoms with Crippen molar-refractivity contribution < 1.29 is 9.18 Å². The van der Waals surface area contributed by atoms with E-state index in [1.54, 1.807) is 18.0 Å². The lowest BCUT2D eigenvalue weighted by Crippen LogP contribution is -2.38. The van der Waals surface area contributed by atoms with Crippen LogP contribution in [0.2, 0.25) is 0 Å². The van der Waals surface area contributed by atoms with Crippen molar-refractivity contribution >= 4 is 21.8 Å². The van der Waals surface area contributed by atoms with Gasteiger partial charge in [0.25, 0.3) is 5.91 Å². The van der Waals surface area contributed by atoms with E-state index in [9.17, 15) is 9.18 Å². The highest BCUT2D eigenvalue weighted by molar-refractivity contribution is 9.10. The fourth-order valence-electron chi connectivity index (χ4n) is 2.22. The molecule has 1 saturated heterocycles. The Morgan fingerprint density at radius 3 is 2.94 bits per heavy atom. The summed E-state index contributed by atoms with van der Waals surface area (Å²) >= 11 is 3.20. The highest BCUT2D eigenvalue weighted by Crippen LogP contribution is 2.16. The molecule has 0 spiro atoms. The monoisotopic (exact) mass is 314 g/mol. The van der Waals surface area contributed by atoms with Gasteiger partial charge in [0.2, 0.25) is 0 Å². The zero-order valence-corrected chi connectivity index (χ0v) is 11.8. The van der Waals surface area contributed by atoms with Gasteiger partial charge in [0.05, 0.1) is 0 Å². The van der Waals surface area contributed by atoms with Crippen LogP contribution in [0.1, 0.15) is 23.2 Å². The SMILES string of the molecule is CN(CC1CCCN1)C(=O)c1cc(F)cc(Br)c1. The van der Waals surface area contributed by atoms with Crippen molar-refractivity contribution in [1.82, 2.24) is 10.2 Å². The standard InChI is InChI=1S/C13H16BrFN2O/c1-17(8-12-3-2-4-16-12)13(18)9-5-10(14)7-11(15)6-9/h5-7,12,16H,2-4,8H2,1H3. The first-order chi connectivity index (χ1) is 8.56. The predicted molar refractivity (Wildman–Crippen MR) is 72.1 cm³/mol. The third kappa shape index (κ3) is 3.29. The van der Waals surface area contributed by atoms with Gasteiger partial charge in [-0.2, -0.15) is 0 Å². The van der Waals surface area contributed by atoms with Gasteiger partial charge >= 0.3 is 0 Å². The van der Waals surface area contributed by atoms with Gasteiger partial charge < -0.3 is 10.2 Å². The van der Waals surface area contributed by atoms with Crippen LogP contribution in [0.15, 0.2) is 22.7 Å². The minimum absolute atomic E-state index is 0.149. The van der Waals surface area contributed by atoms with E-state index in [-0.39, 0.29) is 5.91 Å². The van der Waals surface area contributed by atoms with E-state index < -0.39 is 5.82 Å². The molecule has 1 heterocycles. The molecular weight excluding hydrogens is 299 g/mol. The largest absolute Gasteiger partial charge is 0.340 e. The van der Waals surface area contributed by atoms with Gasteiger partial charge in [0, 0.05) is 29.7 Å². The summed E-state index contributed by atoms with van der Waals surface area (Å²) in [6.45, 7) is 1.67. The Balaban J connectivity index is 2.04. The van der Waals surface area contributed by atoms with Crippen molar-refractivity contribution in [2.45, 2.75) is 18.9 Å². The number of hydrogen-bond acceptors (Lipinski definition) is 2. The average Bonchev–Trinajstić information content (AvgIpc) is 2.79. The number of rotatable bonds is 3. The van der Waals surface area contributed by atoms with Crippen LogP contribution >= 0.6 is 15.9 Å². The molecule has 1 aliphatic rings. The summed E-state index contributed by atoms with van der Waals surface area (Å²) < 4.78 is 13.8. The van der Waals surface area contributed by atoms with Crippen molar-refractivity contribution in [2.75, 3.05) is 20.1 Å². The quantitative estimate of drug-likeness (QED) is 0.929. The maximum absolute atomic E-state index is 13.2. The highest BCUT2D eigenvalue weighted by atomic mass is 79.9. The molecule has 18 heavy (non-hydrogen) atoms. The van der Waals surface area contributed by atoms with Gasteiger partial charge in [-0.05, 0) is 37.6 Å². The lowest BCUT2D eigenvalue weighted by atomic mass is 10.1. The zero-order chi connectivity index (χ0) is 13.1. The minimum Gasteiger partial charge on any atom is -0.340 e. The van der Waals surface area contributed by atoms with Crippen LogP contribution in [0.5, 0.6) is 0 Å². The number of amides is 1. The molecule has 0 aliphatic carbocycles. The average molecular weight is 315 g/mol. The van der Waals surface area contributed by atoms with Crippen LogP contribution in [0, 0.1) is 5.82 Å². The fourth-order valence-corrected chi connectivity index (χ4v) is 2.69. The normalized spacial score (nSPS) is 18.9. The molecule has 1 atom stereocenters. The van der Waals surface area contributed by atoms with Gasteiger partial charge in [0.15, 0.2) is 0 Å². The third-order valence-corrected chi connectivity index (χ3v) is 3.57. The Bertz CT molecular complexity index is 426. The van der Waals surface area contributed by atoms with E-state index >= 15 is 0 Å². The van der Waals surface area contributed by atoms with Crippen molar-refractivity contribution in [2.24, 2.45) is 0 Å². The van der Waals surface area contributed by atoms with Crippen molar-refractivity contribution in [3.63, 3.8) is 0 Å². The molecule has 1 N–H and O–H groups in total. The molecule has 98 valence electrons. The first-order valence-electron chi connectivity index (χ1n) is 6.01. The molecule has 0 saturated carbocycles. The summed E-state index contributed by atoms with van der Waals surface area (Å²) in [7, 11) is 1.75. The molecule has 1 amide bonds. The van der Waals surface area contributed by atoms with Crippen molar-refractivity contribution in [1.29, 1.82) is 0 Å². The van der Waals surface area contributed by atoms with Gasteiger partial charge in [-0.3, -0.25) is 4.79 Å². The lowest BCUT2D eigenvalue weighted by molar-refractivity contribution is 0.0783. The topological polar surface area (TPSA) is 32.3 Å². The number of nitrogens with zero attached hydrogens (tertiary/aromatic N) is 1. The summed E-state index contributed by atoms with van der Waals surface area (Å²) in [6, 6.07) is 4.61. The molecule has 0 bridgehead atoms. The molecule has 1 aromatic rings. The molecule has 0 radical (unpaired) electrons. The molecule has 0 aromatic heterocycles. The van der Waals surface area contributed by atoms with Crippen LogP contribution in [0.3, 0.4) is 0 Å². The maximum Gasteiger partial charge on any atom is 0.253 e. The smallest absolute Gasteiger partial charge is 0.253 e. The van der Waals surface area contributed by atoms with E-state index in [4.69, 9.17) is 0 Å². The number of nitrogens with one attached hydrogen (secondary N) is 1. The number of benzene rings is 1. The van der Waals surface area contributed by atoms with Crippen LogP contribution in [-0.2, 0) is 0 Å². The number of carbonyl (C=O) groups is 1. The molecule has 3 nitrogen and oxygen atoms in total. The maximum atomic E-state index is 13.2. The molecule has 2 rings (SSSR count). The van der Waals surface area contributed by atoms with Crippen molar-refractivity contribution in [3.8, 4) is 0 Å². The fraction of sp³-hybridized carbons (Fsp3) is 0.462. The summed E-state index contributed by atoms with van der Waals surface area (Å²) in [6.07, 6.45) is 2.24. The summed E-state index contributed by atoms with van der Waals surface area (Å²) in [5.41, 5.74) is 0.377. The molecule has 5 heteroatoms. The lowest BCUT2D eigenvalue weighted by Gasteiger charge is -2.21. The molecule has 1 fully saturated rings. The van der Waals surface area contributed by atoms with Gasteiger partial charge in [-0.25, -0.2) is 4.39 Å². The second-order valence-electron chi connectivity index (χ2n) is 4.64. The highest BCUT2D eigenvalue weighted by Gasteiger charge is 2.20. The van der Waals surface area contributed by atoms with E-state index in [0.717, 1.165) is 19.4 Å². The first-order valence-corrected chi connectivity index (χ1v) is 6.80. The molecule has 1 unspecified atom stereocenters. The summed E-state index contributed by atoms with van der Waals surface area (Å²) in [5.74, 6) is -0.552. The van der Waals surface area contributed by atoms with E-state index in [1.807, 2.05) is 0 Å². The van der Waals surface area contributed by atoms with Crippen LogP contribution in [0.4, 0.5) is 4.39 Å². The summed E-state index contributed by atoms with van der Waals surface area (Å²) in [5, 5.41) is 3.34. The Kier molecular flexibility index (Phi) is 4.35.